The third kappa shape index (κ3) is 3.64. The van der Waals surface area contributed by atoms with Crippen LogP contribution in [0.1, 0.15) is 15.9 Å². The number of imidazole rings is 1. The van der Waals surface area contributed by atoms with Crippen LogP contribution in [-0.2, 0) is 0 Å². The van der Waals surface area contributed by atoms with Crippen molar-refractivity contribution in [3.8, 4) is 0 Å². The average molecular weight is 377 g/mol. The second kappa shape index (κ2) is 7.13. The number of rotatable bonds is 4. The van der Waals surface area contributed by atoms with Gasteiger partial charge in [0.05, 0.1) is 21.7 Å². The number of carbonyl (C=O) groups is 1. The molecule has 0 saturated carbocycles. The fourth-order valence-corrected chi connectivity index (χ4v) is 3.11. The number of aromatic amines is 1. The van der Waals surface area contributed by atoms with Gasteiger partial charge in [-0.3, -0.25) is 4.79 Å². The monoisotopic (exact) mass is 376 g/mol. The van der Waals surface area contributed by atoms with Crippen LogP contribution in [0.2, 0.25) is 5.02 Å². The van der Waals surface area contributed by atoms with E-state index in [4.69, 9.17) is 11.6 Å². The molecule has 0 fully saturated rings. The normalized spacial score (nSPS) is 10.7. The minimum absolute atomic E-state index is 0.178. The van der Waals surface area contributed by atoms with E-state index in [0.29, 0.717) is 22.1 Å². The lowest BCUT2D eigenvalue weighted by molar-refractivity contribution is 0.102. The van der Waals surface area contributed by atoms with E-state index < -0.39 is 0 Å². The number of hydrogen-bond acceptors (Lipinski definition) is 3. The van der Waals surface area contributed by atoms with E-state index in [0.717, 1.165) is 22.5 Å². The van der Waals surface area contributed by atoms with Crippen LogP contribution in [0.15, 0.2) is 66.7 Å². The molecular weight excluding hydrogens is 360 g/mol. The Hall–Kier alpha value is -3.31. The van der Waals surface area contributed by atoms with Gasteiger partial charge >= 0.3 is 0 Å². The van der Waals surface area contributed by atoms with Gasteiger partial charge in [-0.25, -0.2) is 4.98 Å². The van der Waals surface area contributed by atoms with Crippen molar-refractivity contribution < 1.29 is 4.79 Å². The van der Waals surface area contributed by atoms with E-state index in [1.165, 1.54) is 0 Å². The van der Waals surface area contributed by atoms with E-state index in [9.17, 15) is 4.79 Å². The van der Waals surface area contributed by atoms with E-state index in [-0.39, 0.29) is 5.91 Å². The van der Waals surface area contributed by atoms with Crippen molar-refractivity contribution in [3.63, 3.8) is 0 Å². The van der Waals surface area contributed by atoms with E-state index in [2.05, 4.69) is 20.6 Å². The zero-order chi connectivity index (χ0) is 18.8. The summed E-state index contributed by atoms with van der Waals surface area (Å²) in [5.74, 6) is 0.393. The number of amides is 1. The highest BCUT2D eigenvalue weighted by Gasteiger charge is 2.11. The Balaban J connectivity index is 1.59. The van der Waals surface area contributed by atoms with Gasteiger partial charge in [-0.15, -0.1) is 0 Å². The van der Waals surface area contributed by atoms with Gasteiger partial charge in [-0.2, -0.15) is 0 Å². The number of fused-ring (bicyclic) bond motifs is 1. The quantitative estimate of drug-likeness (QED) is 0.439. The lowest BCUT2D eigenvalue weighted by atomic mass is 10.2. The van der Waals surface area contributed by atoms with Crippen LogP contribution in [-0.4, -0.2) is 15.9 Å². The Labute approximate surface area is 161 Å². The Morgan fingerprint density at radius 3 is 2.63 bits per heavy atom. The summed E-state index contributed by atoms with van der Waals surface area (Å²) in [6, 6.07) is 20.4. The molecule has 0 aliphatic rings. The molecule has 6 heteroatoms. The molecule has 4 rings (SSSR count). The highest BCUT2D eigenvalue weighted by Crippen LogP contribution is 2.28. The summed E-state index contributed by atoms with van der Waals surface area (Å²) in [7, 11) is 0. The van der Waals surface area contributed by atoms with Crippen LogP contribution < -0.4 is 10.6 Å². The summed E-state index contributed by atoms with van der Waals surface area (Å²) < 4.78 is 0. The van der Waals surface area contributed by atoms with E-state index in [1.54, 1.807) is 12.1 Å². The predicted molar refractivity (Wildman–Crippen MR) is 110 cm³/mol. The first-order valence-electron chi connectivity index (χ1n) is 8.48. The molecule has 3 aromatic carbocycles. The highest BCUT2D eigenvalue weighted by atomic mass is 35.5. The molecule has 0 bridgehead atoms. The fourth-order valence-electron chi connectivity index (χ4n) is 2.84. The Morgan fingerprint density at radius 2 is 1.85 bits per heavy atom. The third-order valence-electron chi connectivity index (χ3n) is 4.24. The summed E-state index contributed by atoms with van der Waals surface area (Å²) in [6.07, 6.45) is 0. The van der Waals surface area contributed by atoms with Crippen LogP contribution in [0.5, 0.6) is 0 Å². The maximum Gasteiger partial charge on any atom is 0.255 e. The Kier molecular flexibility index (Phi) is 4.52. The van der Waals surface area contributed by atoms with Crippen molar-refractivity contribution in [2.75, 3.05) is 10.6 Å². The SMILES string of the molecule is Cc1cccc(Cl)c1Nc1nc2cc(C(=O)Nc3ccccc3)ccc2[nH]1. The van der Waals surface area contributed by atoms with Gasteiger partial charge in [0.25, 0.3) is 5.91 Å². The largest absolute Gasteiger partial charge is 0.324 e. The van der Waals surface area contributed by atoms with Crippen molar-refractivity contribution >= 4 is 45.9 Å². The second-order valence-corrected chi connectivity index (χ2v) is 6.60. The minimum Gasteiger partial charge on any atom is -0.324 e. The van der Waals surface area contributed by atoms with Gasteiger partial charge in [0.1, 0.15) is 0 Å². The first kappa shape index (κ1) is 17.1. The van der Waals surface area contributed by atoms with E-state index >= 15 is 0 Å². The molecule has 0 aliphatic heterocycles. The standard InChI is InChI=1S/C21H17ClN4O/c1-13-6-5-9-16(22)19(13)26-21-24-17-11-10-14(12-18(17)25-21)20(27)23-15-7-3-2-4-8-15/h2-12H,1H3,(H,23,27)(H2,24,25,26). The number of halogens is 1. The molecule has 3 N–H and O–H groups in total. The highest BCUT2D eigenvalue weighted by molar-refractivity contribution is 6.33. The summed E-state index contributed by atoms with van der Waals surface area (Å²) in [5.41, 5.74) is 4.65. The smallest absolute Gasteiger partial charge is 0.255 e. The van der Waals surface area contributed by atoms with Crippen molar-refractivity contribution in [2.24, 2.45) is 0 Å². The third-order valence-corrected chi connectivity index (χ3v) is 4.56. The number of para-hydroxylation sites is 2. The van der Waals surface area contributed by atoms with Gasteiger partial charge in [0.15, 0.2) is 0 Å². The van der Waals surface area contributed by atoms with Crippen molar-refractivity contribution in [1.82, 2.24) is 9.97 Å². The summed E-state index contributed by atoms with van der Waals surface area (Å²) >= 11 is 6.26. The van der Waals surface area contributed by atoms with Gasteiger partial charge in [-0.1, -0.05) is 41.9 Å². The lowest BCUT2D eigenvalue weighted by Gasteiger charge is -2.08. The summed E-state index contributed by atoms with van der Waals surface area (Å²) in [5, 5.41) is 6.72. The zero-order valence-electron chi connectivity index (χ0n) is 14.6. The number of carbonyl (C=O) groups excluding carboxylic acids is 1. The number of benzene rings is 3. The first-order valence-corrected chi connectivity index (χ1v) is 8.86. The maximum absolute atomic E-state index is 12.5. The topological polar surface area (TPSA) is 69.8 Å². The van der Waals surface area contributed by atoms with Gasteiger partial charge in [-0.05, 0) is 48.9 Å². The maximum atomic E-state index is 12.5. The van der Waals surface area contributed by atoms with Crippen LogP contribution in [0.25, 0.3) is 11.0 Å². The van der Waals surface area contributed by atoms with Crippen molar-refractivity contribution in [1.29, 1.82) is 0 Å². The van der Waals surface area contributed by atoms with Crippen LogP contribution in [0, 0.1) is 6.92 Å². The molecule has 0 spiro atoms. The van der Waals surface area contributed by atoms with Gasteiger partial charge in [0, 0.05) is 11.3 Å². The molecule has 0 radical (unpaired) electrons. The molecule has 134 valence electrons. The molecule has 5 nitrogen and oxygen atoms in total. The number of aromatic nitrogens is 2. The van der Waals surface area contributed by atoms with E-state index in [1.807, 2.05) is 61.5 Å². The molecule has 0 atom stereocenters. The zero-order valence-corrected chi connectivity index (χ0v) is 15.3. The minimum atomic E-state index is -0.178. The molecule has 4 aromatic rings. The predicted octanol–water partition coefficient (Wildman–Crippen LogP) is 5.52. The van der Waals surface area contributed by atoms with Crippen LogP contribution >= 0.6 is 11.6 Å². The number of anilines is 3. The fraction of sp³-hybridized carbons (Fsp3) is 0.0476. The molecule has 27 heavy (non-hydrogen) atoms. The molecule has 0 unspecified atom stereocenters. The summed E-state index contributed by atoms with van der Waals surface area (Å²) in [6.45, 7) is 1.98. The number of nitrogens with one attached hydrogen (secondary N) is 3. The molecule has 0 aliphatic carbocycles. The molecule has 1 amide bonds. The lowest BCUT2D eigenvalue weighted by Crippen LogP contribution is -2.11. The number of aryl methyl sites for hydroxylation is 1. The number of hydrogen-bond donors (Lipinski definition) is 3. The molecule has 1 heterocycles. The van der Waals surface area contributed by atoms with Crippen molar-refractivity contribution in [2.45, 2.75) is 6.92 Å². The van der Waals surface area contributed by atoms with Crippen LogP contribution in [0.3, 0.4) is 0 Å². The number of H-pyrrole nitrogens is 1. The Bertz CT molecular complexity index is 1100. The Morgan fingerprint density at radius 1 is 1.04 bits per heavy atom. The summed E-state index contributed by atoms with van der Waals surface area (Å²) in [4.78, 5) is 20.2. The van der Waals surface area contributed by atoms with Crippen LogP contribution in [0.4, 0.5) is 17.3 Å². The number of nitrogens with zero attached hydrogens (tertiary/aromatic N) is 1. The molecule has 0 saturated heterocycles. The molecular formula is C21H17ClN4O. The van der Waals surface area contributed by atoms with Gasteiger partial charge < -0.3 is 15.6 Å². The van der Waals surface area contributed by atoms with Crippen molar-refractivity contribution in [3.05, 3.63) is 82.9 Å². The average Bonchev–Trinajstić information content (AvgIpc) is 3.07. The molecule has 1 aromatic heterocycles. The first-order chi connectivity index (χ1) is 13.1. The van der Waals surface area contributed by atoms with Gasteiger partial charge in [0.2, 0.25) is 5.95 Å². The second-order valence-electron chi connectivity index (χ2n) is 6.19.